The van der Waals surface area contributed by atoms with Crippen molar-refractivity contribution in [1.29, 1.82) is 0 Å². The summed E-state index contributed by atoms with van der Waals surface area (Å²) in [6.07, 6.45) is -4.75. The number of halogens is 4. The molecule has 3 nitrogen and oxygen atoms in total. The highest BCUT2D eigenvalue weighted by atomic mass is 32.2. The smallest absolute Gasteiger partial charge is 0.409 e. The number of benzene rings is 2. The SMILES string of the molecule is Fc1cc2c(c(-c3ccc(OC(F)(F)F)cc3)c1)OSNC2. The number of rotatable bonds is 2. The maximum atomic E-state index is 13.7. The topological polar surface area (TPSA) is 30.5 Å². The summed E-state index contributed by atoms with van der Waals surface area (Å²) in [5, 5.41) is 0. The number of nitrogens with one attached hydrogen (secondary N) is 1. The van der Waals surface area contributed by atoms with Crippen LogP contribution in [0.1, 0.15) is 5.56 Å². The fraction of sp³-hybridized carbons (Fsp3) is 0.143. The van der Waals surface area contributed by atoms with Gasteiger partial charge in [0.25, 0.3) is 0 Å². The number of ether oxygens (including phenoxy) is 1. The van der Waals surface area contributed by atoms with Gasteiger partial charge in [-0.3, -0.25) is 0 Å². The zero-order valence-electron chi connectivity index (χ0n) is 10.9. The van der Waals surface area contributed by atoms with Gasteiger partial charge in [-0.2, -0.15) is 0 Å². The van der Waals surface area contributed by atoms with Gasteiger partial charge in [0.15, 0.2) is 5.75 Å². The molecule has 3 rings (SSSR count). The zero-order chi connectivity index (χ0) is 15.7. The maximum Gasteiger partial charge on any atom is 0.573 e. The van der Waals surface area contributed by atoms with Crippen molar-refractivity contribution in [2.75, 3.05) is 0 Å². The van der Waals surface area contributed by atoms with Crippen LogP contribution in [0.2, 0.25) is 0 Å². The first-order valence-corrected chi connectivity index (χ1v) is 6.91. The molecule has 0 saturated heterocycles. The molecule has 0 unspecified atom stereocenters. The Balaban J connectivity index is 1.96. The van der Waals surface area contributed by atoms with Crippen LogP contribution >= 0.6 is 12.2 Å². The minimum Gasteiger partial charge on any atom is -0.409 e. The van der Waals surface area contributed by atoms with Gasteiger partial charge in [-0.15, -0.1) is 13.2 Å². The first-order valence-electron chi connectivity index (χ1n) is 6.17. The molecule has 1 aliphatic heterocycles. The second-order valence-electron chi connectivity index (χ2n) is 4.50. The molecule has 2 aromatic carbocycles. The van der Waals surface area contributed by atoms with Crippen LogP contribution in [0.4, 0.5) is 17.6 Å². The van der Waals surface area contributed by atoms with E-state index in [9.17, 15) is 17.6 Å². The Kier molecular flexibility index (Phi) is 3.88. The summed E-state index contributed by atoms with van der Waals surface area (Å²) in [6, 6.07) is 7.83. The monoisotopic (exact) mass is 331 g/mol. The van der Waals surface area contributed by atoms with Gasteiger partial charge in [-0.1, -0.05) is 12.1 Å². The van der Waals surface area contributed by atoms with Crippen molar-refractivity contribution < 1.29 is 26.5 Å². The van der Waals surface area contributed by atoms with Crippen molar-refractivity contribution in [3.8, 4) is 22.6 Å². The molecule has 0 fully saturated rings. The highest BCUT2D eigenvalue weighted by Gasteiger charge is 2.31. The van der Waals surface area contributed by atoms with E-state index in [0.29, 0.717) is 29.0 Å². The van der Waals surface area contributed by atoms with Crippen LogP contribution in [-0.2, 0) is 6.54 Å². The minimum absolute atomic E-state index is 0.335. The van der Waals surface area contributed by atoms with E-state index >= 15 is 0 Å². The third-order valence-corrected chi connectivity index (χ3v) is 3.49. The average molecular weight is 331 g/mol. The van der Waals surface area contributed by atoms with Gasteiger partial charge in [0.2, 0.25) is 0 Å². The Bertz CT molecular complexity index is 688. The largest absolute Gasteiger partial charge is 0.573 e. The summed E-state index contributed by atoms with van der Waals surface area (Å²) in [5.41, 5.74) is 1.65. The predicted octanol–water partition coefficient (Wildman–Crippen LogP) is 4.44. The number of hydrogen-bond donors (Lipinski definition) is 1. The molecular formula is C14H9F4NO2S. The number of hydrogen-bond acceptors (Lipinski definition) is 4. The van der Waals surface area contributed by atoms with Crippen molar-refractivity contribution in [3.05, 3.63) is 47.8 Å². The summed E-state index contributed by atoms with van der Waals surface area (Å²) in [4.78, 5) is 0. The Morgan fingerprint density at radius 1 is 1.14 bits per heavy atom. The van der Waals surface area contributed by atoms with E-state index in [1.807, 2.05) is 0 Å². The van der Waals surface area contributed by atoms with Crippen LogP contribution in [0, 0.1) is 5.82 Å². The van der Waals surface area contributed by atoms with E-state index in [1.54, 1.807) is 0 Å². The molecule has 1 heterocycles. The summed E-state index contributed by atoms with van der Waals surface area (Å²) in [5.74, 6) is -0.283. The van der Waals surface area contributed by atoms with Crippen LogP contribution in [0.5, 0.6) is 11.5 Å². The molecule has 0 bridgehead atoms. The molecule has 0 amide bonds. The molecule has 0 saturated carbocycles. The van der Waals surface area contributed by atoms with Gasteiger partial charge in [0.1, 0.15) is 23.8 Å². The molecule has 0 radical (unpaired) electrons. The van der Waals surface area contributed by atoms with E-state index in [2.05, 4.69) is 9.46 Å². The number of fused-ring (bicyclic) bond motifs is 1. The van der Waals surface area contributed by atoms with Crippen molar-refractivity contribution in [2.45, 2.75) is 12.9 Å². The fourth-order valence-electron chi connectivity index (χ4n) is 2.11. The normalized spacial score (nSPS) is 14.2. The lowest BCUT2D eigenvalue weighted by Crippen LogP contribution is -2.17. The second kappa shape index (κ2) is 5.69. The standard InChI is InChI=1S/C14H9F4NO2S/c15-10-5-9-7-19-22-21-13(9)12(6-10)8-1-3-11(4-2-8)20-14(16,17)18/h1-6,19H,7H2. The van der Waals surface area contributed by atoms with E-state index in [-0.39, 0.29) is 5.75 Å². The highest BCUT2D eigenvalue weighted by Crippen LogP contribution is 2.39. The van der Waals surface area contributed by atoms with E-state index in [0.717, 1.165) is 12.2 Å². The summed E-state index contributed by atoms with van der Waals surface area (Å²) >= 11 is 1.02. The molecule has 1 N–H and O–H groups in total. The molecule has 1 aliphatic rings. The molecule has 2 aromatic rings. The van der Waals surface area contributed by atoms with Crippen LogP contribution in [0.3, 0.4) is 0 Å². The molecule has 0 atom stereocenters. The van der Waals surface area contributed by atoms with Crippen molar-refractivity contribution in [2.24, 2.45) is 0 Å². The zero-order valence-corrected chi connectivity index (χ0v) is 11.7. The molecule has 0 spiro atoms. The van der Waals surface area contributed by atoms with Gasteiger partial charge >= 0.3 is 6.36 Å². The van der Waals surface area contributed by atoms with Crippen molar-refractivity contribution >= 4 is 12.2 Å². The third kappa shape index (κ3) is 3.28. The second-order valence-corrected chi connectivity index (χ2v) is 5.12. The Morgan fingerprint density at radius 3 is 2.55 bits per heavy atom. The highest BCUT2D eigenvalue weighted by molar-refractivity contribution is 7.93. The van der Waals surface area contributed by atoms with Crippen LogP contribution in [0.25, 0.3) is 11.1 Å². The van der Waals surface area contributed by atoms with Gasteiger partial charge in [0.05, 0.1) is 0 Å². The average Bonchev–Trinajstić information content (AvgIpc) is 2.45. The van der Waals surface area contributed by atoms with Crippen molar-refractivity contribution in [3.63, 3.8) is 0 Å². The Morgan fingerprint density at radius 2 is 1.86 bits per heavy atom. The van der Waals surface area contributed by atoms with Crippen LogP contribution < -0.4 is 13.6 Å². The number of alkyl halides is 3. The first kappa shape index (κ1) is 15.0. The lowest BCUT2D eigenvalue weighted by atomic mass is 10.0. The molecule has 0 aliphatic carbocycles. The van der Waals surface area contributed by atoms with E-state index in [1.165, 1.54) is 36.4 Å². The Hall–Kier alpha value is -1.93. The van der Waals surface area contributed by atoms with Gasteiger partial charge in [-0.25, -0.2) is 9.11 Å². The molecule has 22 heavy (non-hydrogen) atoms. The lowest BCUT2D eigenvalue weighted by Gasteiger charge is -2.19. The molecular weight excluding hydrogens is 322 g/mol. The van der Waals surface area contributed by atoms with Crippen LogP contribution in [0.15, 0.2) is 36.4 Å². The Labute approximate surface area is 127 Å². The molecule has 8 heteroatoms. The summed E-state index contributed by atoms with van der Waals surface area (Å²) < 4.78 is 62.2. The first-order chi connectivity index (χ1) is 10.4. The lowest BCUT2D eigenvalue weighted by molar-refractivity contribution is -0.274. The van der Waals surface area contributed by atoms with Crippen molar-refractivity contribution in [1.82, 2.24) is 4.72 Å². The predicted molar refractivity (Wildman–Crippen MR) is 73.6 cm³/mol. The summed E-state index contributed by atoms with van der Waals surface area (Å²) in [7, 11) is 0. The third-order valence-electron chi connectivity index (χ3n) is 2.98. The molecule has 0 aromatic heterocycles. The van der Waals surface area contributed by atoms with Gasteiger partial charge < -0.3 is 8.92 Å². The summed E-state index contributed by atoms with van der Waals surface area (Å²) in [6.45, 7) is 0.431. The fourth-order valence-corrected chi connectivity index (χ4v) is 2.66. The van der Waals surface area contributed by atoms with Crippen LogP contribution in [-0.4, -0.2) is 6.36 Å². The quantitative estimate of drug-likeness (QED) is 0.501. The molecule has 116 valence electrons. The van der Waals surface area contributed by atoms with E-state index in [4.69, 9.17) is 4.18 Å². The van der Waals surface area contributed by atoms with Gasteiger partial charge in [0, 0.05) is 17.7 Å². The maximum absolute atomic E-state index is 13.7. The van der Waals surface area contributed by atoms with Gasteiger partial charge in [-0.05, 0) is 29.8 Å². The van der Waals surface area contributed by atoms with E-state index < -0.39 is 12.2 Å². The minimum atomic E-state index is -4.75.